The van der Waals surface area contributed by atoms with Gasteiger partial charge in [0.2, 0.25) is 35.6 Å². The van der Waals surface area contributed by atoms with Crippen LogP contribution in [0.4, 0.5) is 34.9 Å². The maximum absolute atomic E-state index is 14.1. The minimum Gasteiger partial charge on any atom is -0.480 e. The van der Waals surface area contributed by atoms with Crippen molar-refractivity contribution in [3.05, 3.63) is 210 Å². The summed E-state index contributed by atoms with van der Waals surface area (Å²) in [5.74, 6) is -5.14. The second-order valence-electron chi connectivity index (χ2n) is 28.9. The first-order valence-electron chi connectivity index (χ1n) is 35.7. The number of rotatable bonds is 22. The molecule has 0 aliphatic carbocycles. The summed E-state index contributed by atoms with van der Waals surface area (Å²) in [6, 6.07) is 36.1. The number of carboxylic acid groups (broad SMARTS) is 1. The summed E-state index contributed by atoms with van der Waals surface area (Å²) >= 11 is 36.9. The topological polar surface area (TPSA) is 543 Å². The van der Waals surface area contributed by atoms with Crippen molar-refractivity contribution < 1.29 is 73.5 Å². The van der Waals surface area contributed by atoms with Crippen molar-refractivity contribution in [2.24, 2.45) is 22.9 Å². The SMILES string of the molecule is C.C[C@@]1(Cc2ccc(C#N)cc2)C(=O)N(c2cc(Cl)cc(Cl)c2)c2ncc(S(=O)(=O)Cl)n21.C[C@H](N)C(=O)OC(C)(C)C.C[C@H](NS(=O)(=O)c1cnc2n1[C@](C)(Cc1ccc(C#N)cc1)C(=O)N2c1cc(Cl)cc(Cl)c1)C(=O)NCC(N)=O.C[C@H](NS(=O)(=O)c1cnc2n1[C@](C)(Cc1ccc(C#N)cc1)C(=O)N2c1cc(Cl)cc(Cl)c1)C(=O)O.Cl.Cl.NCC(N)=O. The number of primary amides is 2. The number of benzene rings is 6. The van der Waals surface area contributed by atoms with Gasteiger partial charge in [-0.05, 0) is 170 Å². The number of carbonyl (C=O) groups excluding carboxylic acids is 7. The highest BCUT2D eigenvalue weighted by atomic mass is 35.7. The van der Waals surface area contributed by atoms with Crippen LogP contribution in [0.5, 0.6) is 0 Å². The van der Waals surface area contributed by atoms with E-state index >= 15 is 0 Å². The Balaban J connectivity index is 0.000000305. The number of aliphatic carboxylic acids is 1. The van der Waals surface area contributed by atoms with E-state index in [0.717, 1.165) is 24.2 Å². The zero-order chi connectivity index (χ0) is 91.0. The molecule has 6 aromatic carbocycles. The second-order valence-corrected chi connectivity index (χ2v) is 37.4. The number of aromatic nitrogens is 6. The normalized spacial score (nSPS) is 16.7. The molecule has 35 nitrogen and oxygen atoms in total. The number of fused-ring (bicyclic) bond motifs is 3. The molecule has 3 aliphatic rings. The molecule has 125 heavy (non-hydrogen) atoms. The largest absolute Gasteiger partial charge is 0.480 e. The Morgan fingerprint density at radius 2 is 0.784 bits per heavy atom. The van der Waals surface area contributed by atoms with Crippen LogP contribution >= 0.6 is 105 Å². The first kappa shape index (κ1) is 105. The fourth-order valence-corrected chi connectivity index (χ4v) is 17.9. The van der Waals surface area contributed by atoms with E-state index in [9.17, 15) is 68.7 Å². The van der Waals surface area contributed by atoms with Crippen molar-refractivity contribution in [2.45, 2.75) is 144 Å². The van der Waals surface area contributed by atoms with Gasteiger partial charge in [-0.1, -0.05) is 113 Å². The summed E-state index contributed by atoms with van der Waals surface area (Å²) in [5.41, 5.74) is 19.0. The lowest BCUT2D eigenvalue weighted by molar-refractivity contribution is -0.156. The van der Waals surface area contributed by atoms with Gasteiger partial charge in [0.1, 0.15) is 34.3 Å². The van der Waals surface area contributed by atoms with Crippen molar-refractivity contribution in [1.29, 1.82) is 15.8 Å². The number of anilines is 6. The summed E-state index contributed by atoms with van der Waals surface area (Å²) in [6.07, 6.45) is 3.46. The molecule has 6 amide bonds. The average Bonchev–Trinajstić information content (AvgIpc) is 1.56. The Bertz CT molecular complexity index is 6060. The molecular weight excluding hydrogens is 1870 g/mol. The van der Waals surface area contributed by atoms with Crippen molar-refractivity contribution in [3.63, 3.8) is 0 Å². The summed E-state index contributed by atoms with van der Waals surface area (Å²) in [6.45, 7) is 13.7. The number of amides is 6. The molecule has 0 saturated carbocycles. The maximum Gasteiger partial charge on any atom is 0.323 e. The highest BCUT2D eigenvalue weighted by Crippen LogP contribution is 2.49. The lowest BCUT2D eigenvalue weighted by Crippen LogP contribution is -2.48. The highest BCUT2D eigenvalue weighted by molar-refractivity contribution is 8.13. The molecule has 12 N–H and O–H groups in total. The third-order valence-corrected chi connectivity index (χ3v) is 23.6. The van der Waals surface area contributed by atoms with Gasteiger partial charge in [-0.3, -0.25) is 52.1 Å². The Hall–Kier alpha value is -10.5. The van der Waals surface area contributed by atoms with E-state index < -0.39 is 117 Å². The van der Waals surface area contributed by atoms with Crippen LogP contribution in [0.2, 0.25) is 30.1 Å². The van der Waals surface area contributed by atoms with Crippen LogP contribution in [-0.2, 0) is 108 Å². The minimum atomic E-state index is -4.45. The van der Waals surface area contributed by atoms with Gasteiger partial charge in [0.25, 0.3) is 46.8 Å². The van der Waals surface area contributed by atoms with Crippen LogP contribution in [0, 0.1) is 34.0 Å². The van der Waals surface area contributed by atoms with Gasteiger partial charge < -0.3 is 38.1 Å². The number of carbonyl (C=O) groups is 8. The number of nitrogens with two attached hydrogens (primary N) is 4. The molecule has 9 aromatic rings. The molecule has 12 rings (SSSR count). The number of halogens is 9. The van der Waals surface area contributed by atoms with Crippen LogP contribution in [0.1, 0.15) is 103 Å². The molecule has 666 valence electrons. The van der Waals surface area contributed by atoms with Gasteiger partial charge in [0.15, 0.2) is 15.1 Å². The summed E-state index contributed by atoms with van der Waals surface area (Å²) in [7, 11) is -7.41. The van der Waals surface area contributed by atoms with E-state index in [2.05, 4.69) is 35.4 Å². The Labute approximate surface area is 766 Å². The van der Waals surface area contributed by atoms with Gasteiger partial charge >= 0.3 is 11.9 Å². The minimum absolute atomic E-state index is 0. The highest BCUT2D eigenvalue weighted by Gasteiger charge is 2.55. The predicted molar refractivity (Wildman–Crippen MR) is 474 cm³/mol. The van der Waals surface area contributed by atoms with Gasteiger partial charge in [-0.15, -0.1) is 24.8 Å². The number of nitrogens with one attached hydrogen (secondary N) is 3. The van der Waals surface area contributed by atoms with Gasteiger partial charge in [0, 0.05) is 60.1 Å². The van der Waals surface area contributed by atoms with Crippen LogP contribution in [-0.4, -0.2) is 143 Å². The first-order valence-corrected chi connectivity index (χ1v) is 43.2. The van der Waals surface area contributed by atoms with Crippen molar-refractivity contribution in [1.82, 2.24) is 43.4 Å². The zero-order valence-electron chi connectivity index (χ0n) is 66.6. The molecule has 0 spiro atoms. The molecule has 0 radical (unpaired) electrons. The van der Waals surface area contributed by atoms with Gasteiger partial charge in [-0.2, -0.15) is 25.2 Å². The second kappa shape index (κ2) is 42.2. The molecule has 0 saturated heterocycles. The molecule has 0 bridgehead atoms. The standard InChI is InChI=1S/C25H23Cl2N7O5S.C23H19Cl2N5O5S.C20H13Cl3N4O3S.C7H15NO2.C2H6N2O.CH4.2ClH/c1-14(22(36)30-12-20(29)35)32-40(38,39)21-13-31-24-33(19-8-17(26)7-18(27)9-19)23(37)25(2,34(21)24)10-15-3-5-16(11-28)6-4-15;1-13(20(31)32)28-36(34,35)19-12-27-22-29(18-8-16(24)7-17(25)9-18)21(33)23(2,30(19)22)10-14-3-5-15(11-26)6-4-14;1-20(9-12-2-4-13(10-24)5-3-12)18(28)26(16-7-14(21)6-15(22)8-16)19-25-11-17(27(19)20)31(23,29)30;1-5(8)6(9)10-7(2,3)4;3-1-2(4)5;;;/h3-9,13-14,32H,10,12H2,1-2H3,(H2,29,35)(H,30,36);3-9,12-13,28H,10H2,1-2H3,(H,31,32);2-8,11H,9H2,1H3;5H,8H2,1-4H3;1,3H2,(H2,4,5);1H4;2*1H/t14-,25+;13-,23+;20-;5-;;;;/m0010..../s1. The zero-order valence-corrected chi connectivity index (χ0v) is 75.9. The monoisotopic (exact) mass is 1950 g/mol. The van der Waals surface area contributed by atoms with Gasteiger partial charge in [-0.25, -0.2) is 54.9 Å². The van der Waals surface area contributed by atoms with Crippen LogP contribution in [0.3, 0.4) is 0 Å². The van der Waals surface area contributed by atoms with Crippen molar-refractivity contribution in [2.75, 3.05) is 27.8 Å². The first-order chi connectivity index (χ1) is 56.8. The van der Waals surface area contributed by atoms with Crippen molar-refractivity contribution in [3.8, 4) is 18.2 Å². The Morgan fingerprint density at radius 1 is 0.512 bits per heavy atom. The smallest absolute Gasteiger partial charge is 0.323 e. The average molecular weight is 1960 g/mol. The number of imidazole rings is 3. The number of esters is 1. The molecule has 6 atom stereocenters. The number of nitrogens with zero attached hydrogens (tertiary/aromatic N) is 12. The molecule has 3 aliphatic heterocycles. The fourth-order valence-electron chi connectivity index (χ4n) is 12.5. The maximum atomic E-state index is 14.1. The van der Waals surface area contributed by atoms with E-state index in [1.165, 1.54) is 96.8 Å². The molecular formula is C78H82Cl9N19O16S3. The summed E-state index contributed by atoms with van der Waals surface area (Å²) in [4.78, 5) is 113. The predicted octanol–water partition coefficient (Wildman–Crippen LogP) is 10.6. The lowest BCUT2D eigenvalue weighted by Gasteiger charge is -2.27. The van der Waals surface area contributed by atoms with E-state index in [1.54, 1.807) is 100 Å². The summed E-state index contributed by atoms with van der Waals surface area (Å²) < 4.78 is 91.1. The molecule has 0 unspecified atom stereocenters. The van der Waals surface area contributed by atoms with E-state index in [1.807, 2.05) is 39.0 Å². The molecule has 47 heteroatoms. The number of ether oxygens (including phenoxy) is 1. The number of hydrogen-bond acceptors (Lipinski definition) is 23. The van der Waals surface area contributed by atoms with E-state index in [-0.39, 0.29) is 128 Å². The number of sulfonamides is 2. The van der Waals surface area contributed by atoms with Crippen LogP contribution < -0.4 is 52.4 Å². The Kier molecular flexibility index (Phi) is 35.4. The fraction of sp³-hybridized carbons (Fsp3) is 0.282. The number of hydrogen-bond donors (Lipinski definition) is 8. The third-order valence-electron chi connectivity index (χ3n) is 18.1. The molecule has 0 fully saturated rings. The third kappa shape index (κ3) is 24.6. The molecule has 6 heterocycles. The van der Waals surface area contributed by atoms with Gasteiger partial charge in [0.05, 0.1) is 89.7 Å². The van der Waals surface area contributed by atoms with E-state index in [4.69, 9.17) is 118 Å². The lowest BCUT2D eigenvalue weighted by atomic mass is 9.91. The van der Waals surface area contributed by atoms with E-state index in [0.29, 0.717) is 43.5 Å². The van der Waals surface area contributed by atoms with Crippen LogP contribution in [0.25, 0.3) is 0 Å². The van der Waals surface area contributed by atoms with Crippen LogP contribution in [0.15, 0.2) is 161 Å². The summed E-state index contributed by atoms with van der Waals surface area (Å²) in [5, 5.41) is 39.2. The Morgan fingerprint density at radius 3 is 1.02 bits per heavy atom. The molecule has 3 aromatic heterocycles. The number of nitriles is 3. The number of carboxylic acids is 1. The van der Waals surface area contributed by atoms with Crippen molar-refractivity contribution >= 4 is 216 Å². The quantitative estimate of drug-likeness (QED) is 0.0231.